The van der Waals surface area contributed by atoms with E-state index in [1.165, 1.54) is 11.0 Å². The maximum absolute atomic E-state index is 16.0. The van der Waals surface area contributed by atoms with Gasteiger partial charge in [-0.05, 0) is 76.7 Å². The Morgan fingerprint density at radius 1 is 1.12 bits per heavy atom. The fraction of sp³-hybridized carbons (Fsp3) is 0.300. The van der Waals surface area contributed by atoms with Gasteiger partial charge in [-0.15, -0.1) is 0 Å². The lowest BCUT2D eigenvalue weighted by atomic mass is 9.71. The summed E-state index contributed by atoms with van der Waals surface area (Å²) in [7, 11) is 0. The number of carboxylic acid groups (broad SMARTS) is 1. The normalized spacial score (nSPS) is 26.9. The quantitative estimate of drug-likeness (QED) is 0.369. The van der Waals surface area contributed by atoms with Crippen LogP contribution in [0.3, 0.4) is 0 Å². The van der Waals surface area contributed by atoms with Gasteiger partial charge in [0.05, 0.1) is 16.0 Å². The van der Waals surface area contributed by atoms with Gasteiger partial charge in [0.1, 0.15) is 17.2 Å². The van der Waals surface area contributed by atoms with Crippen molar-refractivity contribution < 1.29 is 28.3 Å². The van der Waals surface area contributed by atoms with Gasteiger partial charge >= 0.3 is 5.97 Å². The molecule has 0 unspecified atom stereocenters. The number of hydrogen-bond acceptors (Lipinski definition) is 4. The minimum absolute atomic E-state index is 0.131. The molecule has 0 radical (unpaired) electrons. The van der Waals surface area contributed by atoms with Gasteiger partial charge in [-0.1, -0.05) is 29.8 Å². The summed E-state index contributed by atoms with van der Waals surface area (Å²) in [4.78, 5) is 43.4. The first-order valence-corrected chi connectivity index (χ1v) is 14.5. The van der Waals surface area contributed by atoms with Crippen LogP contribution in [0.1, 0.15) is 40.2 Å². The Balaban J connectivity index is 1.43. The molecule has 2 N–H and O–H groups in total. The van der Waals surface area contributed by atoms with Crippen molar-refractivity contribution >= 4 is 56.7 Å². The summed E-state index contributed by atoms with van der Waals surface area (Å²) in [5, 5.41) is 12.7. The Morgan fingerprint density at radius 3 is 2.61 bits per heavy atom. The number of carboxylic acids is 1. The second-order valence-electron chi connectivity index (χ2n) is 11.1. The van der Waals surface area contributed by atoms with Crippen LogP contribution in [0.2, 0.25) is 5.02 Å². The monoisotopic (exact) mass is 641 g/mol. The smallest absolute Gasteiger partial charge is 0.338 e. The first-order valence-electron chi connectivity index (χ1n) is 13.3. The minimum atomic E-state index is -1.41. The van der Waals surface area contributed by atoms with Crippen LogP contribution in [0.4, 0.5) is 20.2 Å². The van der Waals surface area contributed by atoms with Gasteiger partial charge in [0.25, 0.3) is 0 Å². The molecule has 0 bridgehead atoms. The molecule has 7 rings (SSSR count). The van der Waals surface area contributed by atoms with Crippen LogP contribution in [0.5, 0.6) is 0 Å². The number of benzene rings is 3. The standard InChI is InChI=1S/C30H23BrClF2N3O4/c31-20-3-1-2-18(26(20)34)25-24-23(13-36(27(24)38)16-7-8-17(28(39)40)21(33)11-16)37(12-14-4-5-14)30(25)19-9-6-15(32)10-22(19)35-29(30)41/h1-3,6-11,14,23-25H,4-5,12-13H2,(H,35,41)(H,39,40)/t23-,24+,25-,30+/m0/s1. The van der Waals surface area contributed by atoms with Crippen LogP contribution in [0.25, 0.3) is 0 Å². The lowest BCUT2D eigenvalue weighted by Gasteiger charge is -2.41. The fourth-order valence-corrected chi connectivity index (χ4v) is 7.65. The van der Waals surface area contributed by atoms with E-state index in [2.05, 4.69) is 26.1 Å². The molecule has 41 heavy (non-hydrogen) atoms. The molecule has 3 fully saturated rings. The molecule has 1 spiro atoms. The zero-order valence-electron chi connectivity index (χ0n) is 21.4. The Hall–Kier alpha value is -3.34. The van der Waals surface area contributed by atoms with Crippen molar-refractivity contribution in [2.75, 3.05) is 23.3 Å². The van der Waals surface area contributed by atoms with Crippen LogP contribution in [-0.2, 0) is 15.1 Å². The molecule has 0 aromatic heterocycles. The van der Waals surface area contributed by atoms with Gasteiger partial charge in [0.2, 0.25) is 11.8 Å². The van der Waals surface area contributed by atoms with Crippen molar-refractivity contribution in [1.82, 2.24) is 4.90 Å². The van der Waals surface area contributed by atoms with Crippen molar-refractivity contribution in [3.05, 3.63) is 92.4 Å². The number of hydrogen-bond donors (Lipinski definition) is 2. The highest BCUT2D eigenvalue weighted by Gasteiger charge is 2.71. The number of carbonyl (C=O) groups is 3. The summed E-state index contributed by atoms with van der Waals surface area (Å²) in [6.07, 6.45) is 1.96. The summed E-state index contributed by atoms with van der Waals surface area (Å²) >= 11 is 9.57. The van der Waals surface area contributed by atoms with E-state index < -0.39 is 46.6 Å². The zero-order chi connectivity index (χ0) is 28.8. The molecule has 7 nitrogen and oxygen atoms in total. The van der Waals surface area contributed by atoms with Crippen molar-refractivity contribution in [1.29, 1.82) is 0 Å². The largest absolute Gasteiger partial charge is 0.478 e. The zero-order valence-corrected chi connectivity index (χ0v) is 23.8. The molecule has 210 valence electrons. The van der Waals surface area contributed by atoms with E-state index in [1.807, 2.05) is 0 Å². The predicted octanol–water partition coefficient (Wildman–Crippen LogP) is 5.77. The van der Waals surface area contributed by atoms with E-state index in [-0.39, 0.29) is 34.1 Å². The number of aromatic carboxylic acids is 1. The van der Waals surface area contributed by atoms with Crippen molar-refractivity contribution in [2.45, 2.75) is 30.3 Å². The first-order chi connectivity index (χ1) is 19.6. The molecule has 3 aliphatic heterocycles. The number of likely N-dealkylation sites (tertiary alicyclic amines) is 1. The summed E-state index contributed by atoms with van der Waals surface area (Å²) in [5.74, 6) is -5.07. The fourth-order valence-electron chi connectivity index (χ4n) is 7.09. The molecule has 1 aliphatic carbocycles. The molecular weight excluding hydrogens is 620 g/mol. The van der Waals surface area contributed by atoms with E-state index in [0.717, 1.165) is 25.0 Å². The van der Waals surface area contributed by atoms with E-state index in [9.17, 15) is 23.9 Å². The van der Waals surface area contributed by atoms with Gasteiger partial charge < -0.3 is 15.3 Å². The first kappa shape index (κ1) is 26.6. The Labute approximate surface area is 247 Å². The summed E-state index contributed by atoms with van der Waals surface area (Å²) < 4.78 is 30.9. The highest BCUT2D eigenvalue weighted by Crippen LogP contribution is 2.62. The lowest BCUT2D eigenvalue weighted by Crippen LogP contribution is -2.54. The van der Waals surface area contributed by atoms with Gasteiger partial charge in [-0.2, -0.15) is 0 Å². The SMILES string of the molecule is O=C(O)c1ccc(N2C[C@H]3[C@@H](C2=O)[C@H](c2cccc(Br)c2F)[C@]2(C(=O)Nc4cc(Cl)ccc42)N3CC2CC2)cc1F. The number of halogens is 4. The second kappa shape index (κ2) is 9.34. The van der Waals surface area contributed by atoms with Crippen LogP contribution in [0.15, 0.2) is 59.1 Å². The van der Waals surface area contributed by atoms with Crippen molar-refractivity contribution in [3.63, 3.8) is 0 Å². The van der Waals surface area contributed by atoms with Gasteiger partial charge in [0.15, 0.2) is 0 Å². The molecule has 3 aromatic rings. The third-order valence-corrected chi connectivity index (χ3v) is 9.80. The number of rotatable bonds is 5. The molecule has 2 amide bonds. The molecule has 2 saturated heterocycles. The molecule has 4 aliphatic rings. The van der Waals surface area contributed by atoms with Crippen molar-refractivity contribution in [3.8, 4) is 0 Å². The van der Waals surface area contributed by atoms with Crippen LogP contribution >= 0.6 is 27.5 Å². The molecule has 11 heteroatoms. The van der Waals surface area contributed by atoms with Crippen LogP contribution < -0.4 is 10.2 Å². The van der Waals surface area contributed by atoms with E-state index >= 15 is 4.39 Å². The Kier molecular flexibility index (Phi) is 6.05. The minimum Gasteiger partial charge on any atom is -0.478 e. The number of nitrogens with one attached hydrogen (secondary N) is 1. The average Bonchev–Trinajstić information content (AvgIpc) is 3.55. The Bertz CT molecular complexity index is 1670. The van der Waals surface area contributed by atoms with Crippen LogP contribution in [-0.4, -0.2) is 46.9 Å². The maximum atomic E-state index is 16.0. The van der Waals surface area contributed by atoms with Gasteiger partial charge in [0, 0.05) is 47.0 Å². The number of fused-ring (bicyclic) bond motifs is 3. The topological polar surface area (TPSA) is 90.0 Å². The van der Waals surface area contributed by atoms with Gasteiger partial charge in [-0.3, -0.25) is 14.5 Å². The molecule has 3 aromatic carbocycles. The van der Waals surface area contributed by atoms with Gasteiger partial charge in [-0.25, -0.2) is 13.6 Å². The van der Waals surface area contributed by atoms with E-state index in [1.54, 1.807) is 36.4 Å². The van der Waals surface area contributed by atoms with Crippen molar-refractivity contribution in [2.24, 2.45) is 11.8 Å². The number of carbonyl (C=O) groups excluding carboxylic acids is 2. The molecular formula is C30H23BrClF2N3O4. The highest BCUT2D eigenvalue weighted by molar-refractivity contribution is 9.10. The molecule has 3 heterocycles. The summed E-state index contributed by atoms with van der Waals surface area (Å²) in [5.41, 5.74) is -0.264. The highest BCUT2D eigenvalue weighted by atomic mass is 79.9. The molecule has 1 saturated carbocycles. The third-order valence-electron chi connectivity index (χ3n) is 8.95. The number of anilines is 2. The van der Waals surface area contributed by atoms with E-state index in [4.69, 9.17) is 11.6 Å². The molecule has 4 atom stereocenters. The maximum Gasteiger partial charge on any atom is 0.338 e. The predicted molar refractivity (Wildman–Crippen MR) is 151 cm³/mol. The summed E-state index contributed by atoms with van der Waals surface area (Å²) in [6.45, 7) is 0.655. The second-order valence-corrected chi connectivity index (χ2v) is 12.4. The average molecular weight is 643 g/mol. The van der Waals surface area contributed by atoms with E-state index in [0.29, 0.717) is 28.7 Å². The Morgan fingerprint density at radius 2 is 1.90 bits per heavy atom. The summed E-state index contributed by atoms with van der Waals surface area (Å²) in [6, 6.07) is 13.1. The number of nitrogens with zero attached hydrogens (tertiary/aromatic N) is 2. The lowest BCUT2D eigenvalue weighted by molar-refractivity contribution is -0.128. The van der Waals surface area contributed by atoms with Crippen LogP contribution in [0, 0.1) is 23.5 Å². The number of amides is 2. The third kappa shape index (κ3) is 3.80.